The van der Waals surface area contributed by atoms with Gasteiger partial charge in [0, 0.05) is 31.5 Å². The summed E-state index contributed by atoms with van der Waals surface area (Å²) in [6.45, 7) is 5.72. The first-order chi connectivity index (χ1) is 19.8. The molecule has 10 heteroatoms. The molecule has 3 rings (SSSR count). The van der Waals surface area contributed by atoms with Crippen LogP contribution in [0.15, 0.2) is 78.9 Å². The smallest absolute Gasteiger partial charge is 0.243 e. The highest BCUT2D eigenvalue weighted by Gasteiger charge is 2.32. The highest BCUT2D eigenvalue weighted by Crippen LogP contribution is 2.30. The standard InChI is InChI=1S/C32H40FN3O5S/c1-32(2,3)34-31(38)28(22-24-12-7-6-8-13-24)35(23-25-17-19-26(33)20-18-25)30(37)16-11-21-36(42(5,39)40)27-14-9-10-15-29(27)41-4/h6-10,12-15,17-20,28H,11,16,21-23H2,1-5H3,(H,34,38)/t28-/m0/s1. The number of ether oxygens (including phenoxy) is 1. The average molecular weight is 598 g/mol. The summed E-state index contributed by atoms with van der Waals surface area (Å²) in [5, 5.41) is 3.00. The van der Waals surface area contributed by atoms with Gasteiger partial charge in [-0.3, -0.25) is 13.9 Å². The lowest BCUT2D eigenvalue weighted by atomic mass is 10.00. The molecule has 8 nitrogen and oxygen atoms in total. The van der Waals surface area contributed by atoms with E-state index < -0.39 is 27.4 Å². The Balaban J connectivity index is 1.91. The van der Waals surface area contributed by atoms with Gasteiger partial charge in [0.25, 0.3) is 0 Å². The van der Waals surface area contributed by atoms with Gasteiger partial charge in [-0.2, -0.15) is 0 Å². The van der Waals surface area contributed by atoms with E-state index in [4.69, 9.17) is 4.74 Å². The zero-order chi connectivity index (χ0) is 30.9. The number of carbonyl (C=O) groups is 2. The maximum absolute atomic E-state index is 13.9. The third-order valence-corrected chi connectivity index (χ3v) is 7.72. The number of amides is 2. The first-order valence-electron chi connectivity index (χ1n) is 13.8. The van der Waals surface area contributed by atoms with Crippen molar-refractivity contribution in [1.82, 2.24) is 10.2 Å². The van der Waals surface area contributed by atoms with Crippen LogP contribution in [0.5, 0.6) is 5.75 Å². The Morgan fingerprint density at radius 2 is 1.55 bits per heavy atom. The first-order valence-corrected chi connectivity index (χ1v) is 15.6. The van der Waals surface area contributed by atoms with Gasteiger partial charge in [0.15, 0.2) is 0 Å². The molecule has 0 heterocycles. The molecule has 0 aliphatic carbocycles. The van der Waals surface area contributed by atoms with Crippen LogP contribution in [0.2, 0.25) is 0 Å². The maximum Gasteiger partial charge on any atom is 0.243 e. The van der Waals surface area contributed by atoms with Crippen molar-refractivity contribution in [3.05, 3.63) is 95.8 Å². The molecule has 0 saturated carbocycles. The third kappa shape index (κ3) is 9.58. The van der Waals surface area contributed by atoms with E-state index in [2.05, 4.69) is 5.32 Å². The molecule has 0 aliphatic rings. The number of nitrogens with one attached hydrogen (secondary N) is 1. The fraction of sp³-hybridized carbons (Fsp3) is 0.375. The number of carbonyl (C=O) groups excluding carboxylic acids is 2. The van der Waals surface area contributed by atoms with Crippen molar-refractivity contribution in [2.45, 2.75) is 58.2 Å². The molecule has 0 fully saturated rings. The third-order valence-electron chi connectivity index (χ3n) is 6.54. The highest BCUT2D eigenvalue weighted by atomic mass is 32.2. The van der Waals surface area contributed by atoms with Crippen molar-refractivity contribution in [3.8, 4) is 5.75 Å². The summed E-state index contributed by atoms with van der Waals surface area (Å²) < 4.78 is 45.7. The van der Waals surface area contributed by atoms with Gasteiger partial charge >= 0.3 is 0 Å². The minimum Gasteiger partial charge on any atom is -0.495 e. The van der Waals surface area contributed by atoms with Crippen molar-refractivity contribution in [3.63, 3.8) is 0 Å². The maximum atomic E-state index is 13.9. The number of para-hydroxylation sites is 2. The van der Waals surface area contributed by atoms with Crippen LogP contribution < -0.4 is 14.4 Å². The monoisotopic (exact) mass is 597 g/mol. The lowest BCUT2D eigenvalue weighted by Crippen LogP contribution is -2.54. The van der Waals surface area contributed by atoms with E-state index in [9.17, 15) is 22.4 Å². The summed E-state index contributed by atoms with van der Waals surface area (Å²) in [6.07, 6.45) is 1.56. The van der Waals surface area contributed by atoms with Crippen molar-refractivity contribution < 1.29 is 27.1 Å². The Kier molecular flexibility index (Phi) is 11.1. The first kappa shape index (κ1) is 32.6. The average Bonchev–Trinajstić information content (AvgIpc) is 2.93. The van der Waals surface area contributed by atoms with E-state index in [1.54, 1.807) is 36.4 Å². The molecule has 0 unspecified atom stereocenters. The van der Waals surface area contributed by atoms with Gasteiger partial charge in [-0.1, -0.05) is 54.6 Å². The molecule has 0 aliphatic heterocycles. The minimum atomic E-state index is -3.68. The molecule has 42 heavy (non-hydrogen) atoms. The van der Waals surface area contributed by atoms with Crippen LogP contribution >= 0.6 is 0 Å². The van der Waals surface area contributed by atoms with Crippen LogP contribution in [0.3, 0.4) is 0 Å². The number of hydrogen-bond donors (Lipinski definition) is 1. The van der Waals surface area contributed by atoms with Crippen LogP contribution in [0.1, 0.15) is 44.7 Å². The van der Waals surface area contributed by atoms with Gasteiger partial charge < -0.3 is 15.0 Å². The summed E-state index contributed by atoms with van der Waals surface area (Å²) in [5.41, 5.74) is 1.38. The van der Waals surface area contributed by atoms with E-state index >= 15 is 0 Å². The fourth-order valence-corrected chi connectivity index (χ4v) is 5.58. The molecular weight excluding hydrogens is 557 g/mol. The van der Waals surface area contributed by atoms with Crippen LogP contribution in [-0.4, -0.2) is 56.6 Å². The second-order valence-corrected chi connectivity index (χ2v) is 13.1. The Bertz CT molecular complexity index is 1440. The van der Waals surface area contributed by atoms with Crippen molar-refractivity contribution >= 4 is 27.5 Å². The molecule has 1 N–H and O–H groups in total. The number of halogens is 1. The molecule has 1 atom stereocenters. The molecule has 0 aromatic heterocycles. The number of hydrogen-bond acceptors (Lipinski definition) is 5. The van der Waals surface area contributed by atoms with Crippen LogP contribution in [-0.2, 0) is 32.6 Å². The Morgan fingerprint density at radius 1 is 0.929 bits per heavy atom. The molecule has 226 valence electrons. The minimum absolute atomic E-state index is 0.0174. The normalized spacial score (nSPS) is 12.3. The summed E-state index contributed by atoms with van der Waals surface area (Å²) in [5.74, 6) is -0.638. The molecule has 3 aromatic rings. The molecule has 3 aromatic carbocycles. The number of anilines is 1. The van der Waals surface area contributed by atoms with Crippen LogP contribution in [0.4, 0.5) is 10.1 Å². The number of rotatable bonds is 13. The zero-order valence-corrected chi connectivity index (χ0v) is 25.7. The van der Waals surface area contributed by atoms with E-state index in [0.717, 1.165) is 11.8 Å². The molecular formula is C32H40FN3O5S. The highest BCUT2D eigenvalue weighted by molar-refractivity contribution is 7.92. The van der Waals surface area contributed by atoms with Gasteiger partial charge in [0.2, 0.25) is 21.8 Å². The lowest BCUT2D eigenvalue weighted by Gasteiger charge is -2.34. The second kappa shape index (κ2) is 14.3. The molecule has 0 saturated heterocycles. The van der Waals surface area contributed by atoms with Gasteiger partial charge in [0.1, 0.15) is 17.6 Å². The summed E-state index contributed by atoms with van der Waals surface area (Å²) >= 11 is 0. The van der Waals surface area contributed by atoms with Gasteiger partial charge in [-0.15, -0.1) is 0 Å². The number of benzene rings is 3. The predicted octanol–water partition coefficient (Wildman–Crippen LogP) is 4.94. The molecule has 0 spiro atoms. The number of methoxy groups -OCH3 is 1. The molecule has 2 amide bonds. The molecule has 0 radical (unpaired) electrons. The second-order valence-electron chi connectivity index (χ2n) is 11.2. The van der Waals surface area contributed by atoms with E-state index in [0.29, 0.717) is 17.0 Å². The Hall–Kier alpha value is -3.92. The van der Waals surface area contributed by atoms with E-state index in [-0.39, 0.29) is 44.2 Å². The largest absolute Gasteiger partial charge is 0.495 e. The van der Waals surface area contributed by atoms with Gasteiger partial charge in [0.05, 0.1) is 19.1 Å². The van der Waals surface area contributed by atoms with Crippen LogP contribution in [0, 0.1) is 5.82 Å². The van der Waals surface area contributed by atoms with E-state index in [1.807, 2.05) is 51.1 Å². The van der Waals surface area contributed by atoms with Crippen molar-refractivity contribution in [2.24, 2.45) is 0 Å². The SMILES string of the molecule is COc1ccccc1N(CCCC(=O)N(Cc1ccc(F)cc1)[C@@H](Cc1ccccc1)C(=O)NC(C)(C)C)S(C)(=O)=O. The Labute approximate surface area is 248 Å². The predicted molar refractivity (Wildman–Crippen MR) is 163 cm³/mol. The Morgan fingerprint density at radius 3 is 2.14 bits per heavy atom. The quantitative estimate of drug-likeness (QED) is 0.301. The zero-order valence-electron chi connectivity index (χ0n) is 24.8. The topological polar surface area (TPSA) is 96.0 Å². The fourth-order valence-electron chi connectivity index (χ4n) is 4.61. The van der Waals surface area contributed by atoms with Crippen LogP contribution in [0.25, 0.3) is 0 Å². The van der Waals surface area contributed by atoms with Crippen molar-refractivity contribution in [1.29, 1.82) is 0 Å². The lowest BCUT2D eigenvalue weighted by molar-refractivity contribution is -0.142. The summed E-state index contributed by atoms with van der Waals surface area (Å²) in [6, 6.07) is 21.2. The van der Waals surface area contributed by atoms with Gasteiger partial charge in [-0.05, 0) is 62.6 Å². The summed E-state index contributed by atoms with van der Waals surface area (Å²) in [7, 11) is -2.22. The summed E-state index contributed by atoms with van der Waals surface area (Å²) in [4.78, 5) is 29.1. The number of nitrogens with zero attached hydrogens (tertiary/aromatic N) is 2. The van der Waals surface area contributed by atoms with E-state index in [1.165, 1.54) is 28.4 Å². The van der Waals surface area contributed by atoms with Crippen molar-refractivity contribution in [2.75, 3.05) is 24.2 Å². The van der Waals surface area contributed by atoms with Gasteiger partial charge in [-0.25, -0.2) is 12.8 Å². The number of sulfonamides is 1. The molecule has 0 bridgehead atoms.